The lowest BCUT2D eigenvalue weighted by Crippen LogP contribution is -2.57. The van der Waals surface area contributed by atoms with Crippen molar-refractivity contribution in [2.75, 3.05) is 0 Å². The Morgan fingerprint density at radius 3 is 0.532 bits per heavy atom. The van der Waals surface area contributed by atoms with Gasteiger partial charge in [0.15, 0.2) is 0 Å². The molecular formula is C141H250. The van der Waals surface area contributed by atoms with E-state index in [9.17, 15) is 0 Å². The zero-order chi connectivity index (χ0) is 109. The molecule has 0 heteroatoms. The van der Waals surface area contributed by atoms with Gasteiger partial charge in [0.1, 0.15) is 0 Å². The SMILES string of the molecule is CC(C)(C)C12CCC(C(C)(C)C)(CC1)CC2.CC(C)(C)CCCCC(C)(C)C.CC(C)(C)CCCCCCC(C)(C)C.CC(C)(C)c1ccc(-c2ccc(C(C)(C)C)cc2)cc1.CC(C)(C)c1ccc(C(C)(C)C)cc1.CC(C)(C)c1cccc(C(C)(C)C)c1.CC(C)(C)c1ccccc1C(C)(C)C.CC12CC(C)(C1)C2.CC1CC(C)C1.CC1CCC(C)CC1.CC1CCC(C)CC1.CC1CCC(C)CC1. The van der Waals surface area contributed by atoms with E-state index < -0.39 is 0 Å². The van der Waals surface area contributed by atoms with Gasteiger partial charge < -0.3 is 0 Å². The fourth-order valence-corrected chi connectivity index (χ4v) is 23.0. The van der Waals surface area contributed by atoms with E-state index in [4.69, 9.17) is 0 Å². The number of hydrogen-bond acceptors (Lipinski definition) is 0. The van der Waals surface area contributed by atoms with Gasteiger partial charge in [-0.05, 0) is 297 Å². The van der Waals surface area contributed by atoms with Crippen LogP contribution in [0.15, 0.2) is 121 Å². The highest BCUT2D eigenvalue weighted by molar-refractivity contribution is 5.64. The zero-order valence-electron chi connectivity index (χ0n) is 106. The smallest absolute Gasteiger partial charge is 0.0129 e. The van der Waals surface area contributed by atoms with Crippen LogP contribution in [0.4, 0.5) is 0 Å². The van der Waals surface area contributed by atoms with Crippen LogP contribution in [0.5, 0.6) is 0 Å². The third-order valence-electron chi connectivity index (χ3n) is 33.8. The molecule has 0 radical (unpaired) electrons. The molecule has 0 heterocycles. The van der Waals surface area contributed by atoms with Crippen LogP contribution >= 0.6 is 0 Å². The van der Waals surface area contributed by atoms with E-state index in [0.717, 1.165) is 58.2 Å². The lowest BCUT2D eigenvalue weighted by molar-refractivity contribution is -0.176. The van der Waals surface area contributed by atoms with Crippen LogP contribution in [0.1, 0.15) is 616 Å². The summed E-state index contributed by atoms with van der Waals surface area (Å²) in [5.41, 5.74) is 22.0. The fraction of sp³-hybridized carbons (Fsp3) is 0.787. The first-order chi connectivity index (χ1) is 63.6. The Kier molecular flexibility index (Phi) is 52.6. The largest absolute Gasteiger partial charge is 0.0625 e. The molecule has 10 saturated carbocycles. The minimum absolute atomic E-state index is 0.217. The molecule has 10 aliphatic carbocycles. The molecule has 0 nitrogen and oxygen atoms in total. The molecule has 4 bridgehead atoms. The second-order valence-electron chi connectivity index (χ2n) is 64.7. The maximum Gasteiger partial charge on any atom is -0.0129 e. The van der Waals surface area contributed by atoms with Gasteiger partial charge in [-0.1, -0.05) is 597 Å². The minimum atomic E-state index is 0.217. The van der Waals surface area contributed by atoms with E-state index in [0.29, 0.717) is 43.3 Å². The third kappa shape index (κ3) is 53.4. The molecule has 814 valence electrons. The fourth-order valence-electron chi connectivity index (χ4n) is 23.0. The van der Waals surface area contributed by atoms with Crippen molar-refractivity contribution in [1.82, 2.24) is 0 Å². The van der Waals surface area contributed by atoms with Gasteiger partial charge in [0, 0.05) is 0 Å². The number of fused-ring (bicyclic) bond motifs is 3. The van der Waals surface area contributed by atoms with Crippen molar-refractivity contribution in [3.63, 3.8) is 0 Å². The van der Waals surface area contributed by atoms with Crippen molar-refractivity contribution < 1.29 is 0 Å². The van der Waals surface area contributed by atoms with E-state index in [-0.39, 0.29) is 43.3 Å². The Morgan fingerprint density at radius 1 is 0.206 bits per heavy atom. The number of unbranched alkanes of at least 4 members (excludes halogenated alkanes) is 4. The van der Waals surface area contributed by atoms with Gasteiger partial charge in [0.2, 0.25) is 0 Å². The van der Waals surface area contributed by atoms with Crippen molar-refractivity contribution in [3.05, 3.63) is 166 Å². The van der Waals surface area contributed by atoms with Crippen LogP contribution in [-0.4, -0.2) is 0 Å². The topological polar surface area (TPSA) is 0 Å². The van der Waals surface area contributed by atoms with Gasteiger partial charge in [0.25, 0.3) is 0 Å². The van der Waals surface area contributed by atoms with Crippen molar-refractivity contribution in [1.29, 1.82) is 0 Å². The Labute approximate surface area is 887 Å². The summed E-state index contributed by atoms with van der Waals surface area (Å²) in [6.07, 6.45) is 48.0. The van der Waals surface area contributed by atoms with E-state index in [1.807, 2.05) is 0 Å². The van der Waals surface area contributed by atoms with Gasteiger partial charge in [0.05, 0.1) is 0 Å². The Balaban J connectivity index is 0.000000527. The lowest BCUT2D eigenvalue weighted by Gasteiger charge is -2.68. The predicted octanol–water partition coefficient (Wildman–Crippen LogP) is 47.0. The Hall–Kier alpha value is -3.90. The summed E-state index contributed by atoms with van der Waals surface area (Å²) >= 11 is 0. The highest BCUT2D eigenvalue weighted by atomic mass is 14.7. The Morgan fingerprint density at radius 2 is 0.390 bits per heavy atom. The van der Waals surface area contributed by atoms with Crippen LogP contribution in [-0.2, 0) is 43.3 Å². The lowest BCUT2D eigenvalue weighted by atomic mass is 9.37. The molecule has 0 saturated heterocycles. The average molecular weight is 1950 g/mol. The highest BCUT2D eigenvalue weighted by Gasteiger charge is 2.62. The maximum atomic E-state index is 2.46. The Bertz CT molecular complexity index is 3770. The first kappa shape index (κ1) is 133. The van der Waals surface area contributed by atoms with Crippen LogP contribution in [0, 0.1) is 101 Å². The van der Waals surface area contributed by atoms with Gasteiger partial charge in [-0.25, -0.2) is 0 Å². The molecule has 5 aromatic rings. The number of benzene rings is 5. The van der Waals surface area contributed by atoms with Crippen molar-refractivity contribution in [3.8, 4) is 11.1 Å². The van der Waals surface area contributed by atoms with E-state index in [1.165, 1.54) is 268 Å². The quantitative estimate of drug-likeness (QED) is 0.129. The highest BCUT2D eigenvalue weighted by Crippen LogP contribution is 2.73. The normalized spacial score (nSPS) is 24.6. The van der Waals surface area contributed by atoms with Crippen LogP contribution in [0.2, 0.25) is 0 Å². The molecule has 0 aromatic heterocycles. The predicted molar refractivity (Wildman–Crippen MR) is 644 cm³/mol. The monoisotopic (exact) mass is 1940 g/mol. The average Bonchev–Trinajstić information content (AvgIpc) is 0.695. The van der Waals surface area contributed by atoms with Crippen molar-refractivity contribution in [2.45, 2.75) is 615 Å². The second-order valence-corrected chi connectivity index (χ2v) is 64.7. The third-order valence-corrected chi connectivity index (χ3v) is 33.8. The molecule has 10 fully saturated rings. The molecule has 0 unspecified atom stereocenters. The van der Waals surface area contributed by atoms with Crippen LogP contribution < -0.4 is 0 Å². The van der Waals surface area contributed by atoms with Gasteiger partial charge in [-0.15, -0.1) is 0 Å². The van der Waals surface area contributed by atoms with Gasteiger partial charge >= 0.3 is 0 Å². The summed E-state index contributed by atoms with van der Waals surface area (Å²) < 4.78 is 0. The van der Waals surface area contributed by atoms with Crippen LogP contribution in [0.3, 0.4) is 0 Å². The van der Waals surface area contributed by atoms with Crippen LogP contribution in [0.25, 0.3) is 11.1 Å². The minimum Gasteiger partial charge on any atom is -0.0625 e. The molecular weight excluding hydrogens is 1690 g/mol. The number of rotatable bonds is 9. The summed E-state index contributed by atoms with van der Waals surface area (Å²) in [7, 11) is 0. The summed E-state index contributed by atoms with van der Waals surface area (Å²) in [4.78, 5) is 0. The van der Waals surface area contributed by atoms with Gasteiger partial charge in [-0.2, -0.15) is 0 Å². The number of hydrogen-bond donors (Lipinski definition) is 0. The molecule has 141 heavy (non-hydrogen) atoms. The zero-order valence-corrected chi connectivity index (χ0v) is 106. The first-order valence-corrected chi connectivity index (χ1v) is 59.2. The second kappa shape index (κ2) is 55.7. The summed E-state index contributed by atoms with van der Waals surface area (Å²) in [6, 6.07) is 44.6. The molecule has 0 aliphatic heterocycles. The summed E-state index contributed by atoms with van der Waals surface area (Å²) in [5.74, 6) is 8.20. The molecule has 0 spiro atoms. The molecule has 15 rings (SSSR count). The summed E-state index contributed by atoms with van der Waals surface area (Å²) in [6.45, 7) is 121. The van der Waals surface area contributed by atoms with Crippen molar-refractivity contribution in [2.24, 2.45) is 101 Å². The van der Waals surface area contributed by atoms with Crippen molar-refractivity contribution >= 4 is 0 Å². The summed E-state index contributed by atoms with van der Waals surface area (Å²) in [5, 5.41) is 0. The van der Waals surface area contributed by atoms with E-state index in [1.54, 1.807) is 0 Å². The molecule has 0 amide bonds. The molecule has 0 N–H and O–H groups in total. The van der Waals surface area contributed by atoms with E-state index in [2.05, 4.69) is 481 Å². The molecule has 0 atom stereocenters. The maximum absolute atomic E-state index is 2.46. The standard InChI is InChI=1S/C20H26.C16H30.3C14H22.C14H30.C12H26.3C8H16.C7H12.C6H12/c1-19(2,3)17-11-7-15(8-12-17)16-9-13-18(14-10-16)20(4,5)6;1-13(2,3)15-7-10-16(11-8-15,12-9-15)14(4,5)6;1-13(2,3)11-7-9-12(10-8-11)14(4,5)6;1-13(2,3)11-8-7-9-12(10-11)14(4,5)6;1-13(2,3)11-9-7-8-10-12(11)14(4,5)6;1-13(2,3)11-9-7-8-10-12-14(4,5)6;1-11(2,3)9-7-8-10-12(4,5)6;3*1-7-3-5-8(2)6-4-7;1-6-3-7(2,4-6)5-6;1-5-3-6(2)4-5/h7-14H,1-6H3;7-12H2,1-6H3;3*7-10H,1-6H3;7-12H2,1-6H3;7-10H2,1-6H3;3*7-8H,3-6H2,1-2H3;3-5H2,1-2H3;5-6H,3-4H2,1-2H3. The molecule has 10 aliphatic rings. The first-order valence-electron chi connectivity index (χ1n) is 59.2. The molecule has 5 aromatic carbocycles. The van der Waals surface area contributed by atoms with Gasteiger partial charge in [-0.3, -0.25) is 0 Å². The van der Waals surface area contributed by atoms with E-state index >= 15 is 0 Å².